The van der Waals surface area contributed by atoms with E-state index in [2.05, 4.69) is 20.9 Å². The lowest BCUT2D eigenvalue weighted by molar-refractivity contribution is 0.385. The Labute approximate surface area is 126 Å². The number of rotatable bonds is 3. The molecule has 7 heteroatoms. The zero-order valence-corrected chi connectivity index (χ0v) is 13.4. The summed E-state index contributed by atoms with van der Waals surface area (Å²) in [6, 6.07) is 2.09. The van der Waals surface area contributed by atoms with E-state index in [0.29, 0.717) is 32.1 Å². The van der Waals surface area contributed by atoms with Gasteiger partial charge in [-0.25, -0.2) is 18.4 Å². The highest BCUT2D eigenvalue weighted by atomic mass is 32.2. The molecule has 1 saturated heterocycles. The van der Waals surface area contributed by atoms with Gasteiger partial charge >= 0.3 is 0 Å². The van der Waals surface area contributed by atoms with Gasteiger partial charge in [0.25, 0.3) is 0 Å². The van der Waals surface area contributed by atoms with Gasteiger partial charge in [0, 0.05) is 43.9 Å². The standard InChI is InChI=1S/C14H22N4O2S/c1-11-15-13(12-4-3-5-12)10-14(16-11)17-6-8-18(9-7-17)21(2,19)20/h10,12H,3-9H2,1-2H3. The Bertz CT molecular complexity index is 620. The Balaban J connectivity index is 1.74. The van der Waals surface area contributed by atoms with Crippen LogP contribution in [0.1, 0.15) is 36.7 Å². The van der Waals surface area contributed by atoms with Crippen LogP contribution in [-0.4, -0.2) is 55.1 Å². The topological polar surface area (TPSA) is 66.4 Å². The first-order valence-corrected chi connectivity index (χ1v) is 9.34. The zero-order chi connectivity index (χ0) is 15.0. The zero-order valence-electron chi connectivity index (χ0n) is 12.6. The molecule has 6 nitrogen and oxygen atoms in total. The van der Waals surface area contributed by atoms with Crippen LogP contribution in [0.4, 0.5) is 5.82 Å². The fraction of sp³-hybridized carbons (Fsp3) is 0.714. The lowest BCUT2D eigenvalue weighted by atomic mass is 9.83. The summed E-state index contributed by atoms with van der Waals surface area (Å²) in [6.45, 7) is 4.36. The largest absolute Gasteiger partial charge is 0.354 e. The summed E-state index contributed by atoms with van der Waals surface area (Å²) < 4.78 is 24.6. The molecule has 2 heterocycles. The Kier molecular flexibility index (Phi) is 3.88. The van der Waals surface area contributed by atoms with Crippen LogP contribution in [0, 0.1) is 6.92 Å². The molecular weight excluding hydrogens is 288 g/mol. The van der Waals surface area contributed by atoms with Crippen molar-refractivity contribution >= 4 is 15.8 Å². The lowest BCUT2D eigenvalue weighted by Crippen LogP contribution is -2.48. The molecule has 1 aliphatic carbocycles. The van der Waals surface area contributed by atoms with Gasteiger partial charge in [-0.2, -0.15) is 4.31 Å². The molecule has 1 saturated carbocycles. The minimum Gasteiger partial charge on any atom is -0.354 e. The third-order valence-electron chi connectivity index (χ3n) is 4.40. The van der Waals surface area contributed by atoms with Crippen molar-refractivity contribution in [3.63, 3.8) is 0 Å². The quantitative estimate of drug-likeness (QED) is 0.837. The third kappa shape index (κ3) is 3.18. The van der Waals surface area contributed by atoms with Crippen molar-refractivity contribution in [1.82, 2.24) is 14.3 Å². The molecule has 21 heavy (non-hydrogen) atoms. The molecule has 116 valence electrons. The molecule has 2 aliphatic rings. The maximum Gasteiger partial charge on any atom is 0.211 e. The molecule has 3 rings (SSSR count). The number of hydrogen-bond acceptors (Lipinski definition) is 5. The van der Waals surface area contributed by atoms with E-state index in [1.54, 1.807) is 0 Å². The van der Waals surface area contributed by atoms with Gasteiger partial charge in [-0.05, 0) is 19.8 Å². The van der Waals surface area contributed by atoms with Gasteiger partial charge in [0.05, 0.1) is 6.26 Å². The Hall–Kier alpha value is -1.21. The van der Waals surface area contributed by atoms with Crippen molar-refractivity contribution in [1.29, 1.82) is 0 Å². The van der Waals surface area contributed by atoms with Gasteiger partial charge in [0.1, 0.15) is 11.6 Å². The Morgan fingerprint density at radius 2 is 1.81 bits per heavy atom. The molecule has 0 bridgehead atoms. The van der Waals surface area contributed by atoms with Crippen LogP contribution < -0.4 is 4.90 Å². The molecule has 0 amide bonds. The molecule has 0 N–H and O–H groups in total. The monoisotopic (exact) mass is 310 g/mol. The van der Waals surface area contributed by atoms with E-state index < -0.39 is 10.0 Å². The molecule has 2 fully saturated rings. The normalized spacial score (nSPS) is 21.3. The molecular formula is C14H22N4O2S. The van der Waals surface area contributed by atoms with Crippen molar-refractivity contribution in [3.05, 3.63) is 17.6 Å². The van der Waals surface area contributed by atoms with Gasteiger partial charge in [-0.3, -0.25) is 0 Å². The van der Waals surface area contributed by atoms with Crippen molar-refractivity contribution in [2.24, 2.45) is 0 Å². The number of sulfonamides is 1. The summed E-state index contributed by atoms with van der Waals surface area (Å²) in [5, 5.41) is 0. The number of hydrogen-bond donors (Lipinski definition) is 0. The Morgan fingerprint density at radius 1 is 1.14 bits per heavy atom. The minimum atomic E-state index is -3.08. The van der Waals surface area contributed by atoms with Crippen LogP contribution in [0.5, 0.6) is 0 Å². The molecule has 1 aliphatic heterocycles. The van der Waals surface area contributed by atoms with E-state index in [0.717, 1.165) is 17.3 Å². The van der Waals surface area contributed by atoms with Gasteiger partial charge in [0.2, 0.25) is 10.0 Å². The van der Waals surface area contributed by atoms with Crippen LogP contribution in [0.15, 0.2) is 6.07 Å². The first-order valence-electron chi connectivity index (χ1n) is 7.49. The molecule has 0 aromatic carbocycles. The first-order chi connectivity index (χ1) is 9.93. The molecule has 1 aromatic heterocycles. The molecule has 0 radical (unpaired) electrons. The second-order valence-electron chi connectivity index (χ2n) is 5.98. The van der Waals surface area contributed by atoms with Gasteiger partial charge in [-0.1, -0.05) is 6.42 Å². The predicted octanol–water partition coefficient (Wildman–Crippen LogP) is 1.13. The number of aromatic nitrogens is 2. The summed E-state index contributed by atoms with van der Waals surface area (Å²) in [5.41, 5.74) is 1.15. The van der Waals surface area contributed by atoms with Crippen LogP contribution >= 0.6 is 0 Å². The summed E-state index contributed by atoms with van der Waals surface area (Å²) in [4.78, 5) is 11.3. The highest BCUT2D eigenvalue weighted by Crippen LogP contribution is 2.36. The van der Waals surface area contributed by atoms with Crippen LogP contribution in [0.3, 0.4) is 0 Å². The summed E-state index contributed by atoms with van der Waals surface area (Å²) in [5.74, 6) is 2.33. The molecule has 1 aromatic rings. The van der Waals surface area contributed by atoms with E-state index in [1.165, 1.54) is 29.8 Å². The fourth-order valence-electron chi connectivity index (χ4n) is 2.90. The minimum absolute atomic E-state index is 0.528. The summed E-state index contributed by atoms with van der Waals surface area (Å²) >= 11 is 0. The number of anilines is 1. The smallest absolute Gasteiger partial charge is 0.211 e. The van der Waals surface area contributed by atoms with E-state index >= 15 is 0 Å². The first kappa shape index (κ1) is 14.7. The van der Waals surface area contributed by atoms with E-state index in [4.69, 9.17) is 0 Å². The lowest BCUT2D eigenvalue weighted by Gasteiger charge is -2.34. The van der Waals surface area contributed by atoms with Gasteiger partial charge in [-0.15, -0.1) is 0 Å². The molecule has 0 atom stereocenters. The van der Waals surface area contributed by atoms with Crippen molar-refractivity contribution in [2.75, 3.05) is 37.3 Å². The second-order valence-corrected chi connectivity index (χ2v) is 7.96. The maximum atomic E-state index is 11.6. The highest BCUT2D eigenvalue weighted by molar-refractivity contribution is 7.88. The van der Waals surface area contributed by atoms with E-state index in [-0.39, 0.29) is 0 Å². The fourth-order valence-corrected chi connectivity index (χ4v) is 3.73. The van der Waals surface area contributed by atoms with Crippen molar-refractivity contribution < 1.29 is 8.42 Å². The van der Waals surface area contributed by atoms with Crippen molar-refractivity contribution in [2.45, 2.75) is 32.1 Å². The van der Waals surface area contributed by atoms with E-state index in [1.807, 2.05) is 6.92 Å². The maximum absolute atomic E-state index is 11.6. The van der Waals surface area contributed by atoms with E-state index in [9.17, 15) is 8.42 Å². The van der Waals surface area contributed by atoms with Crippen LogP contribution in [-0.2, 0) is 10.0 Å². The average Bonchev–Trinajstić information content (AvgIpc) is 2.35. The SMILES string of the molecule is Cc1nc(C2CCC2)cc(N2CCN(S(C)(=O)=O)CC2)n1. The van der Waals surface area contributed by atoms with Crippen LogP contribution in [0.25, 0.3) is 0 Å². The summed E-state index contributed by atoms with van der Waals surface area (Å²) in [6.07, 6.45) is 5.00. The predicted molar refractivity (Wildman–Crippen MR) is 82.0 cm³/mol. The second kappa shape index (κ2) is 5.53. The number of aryl methyl sites for hydroxylation is 1. The third-order valence-corrected chi connectivity index (χ3v) is 5.70. The van der Waals surface area contributed by atoms with Crippen LogP contribution in [0.2, 0.25) is 0 Å². The Morgan fingerprint density at radius 3 is 2.33 bits per heavy atom. The number of piperazine rings is 1. The average molecular weight is 310 g/mol. The number of nitrogens with zero attached hydrogens (tertiary/aromatic N) is 4. The highest BCUT2D eigenvalue weighted by Gasteiger charge is 2.26. The van der Waals surface area contributed by atoms with Gasteiger partial charge in [0.15, 0.2) is 0 Å². The molecule has 0 spiro atoms. The molecule has 0 unspecified atom stereocenters. The van der Waals surface area contributed by atoms with Crippen molar-refractivity contribution in [3.8, 4) is 0 Å². The summed E-state index contributed by atoms with van der Waals surface area (Å²) in [7, 11) is -3.08. The van der Waals surface area contributed by atoms with Gasteiger partial charge < -0.3 is 4.90 Å².